The van der Waals surface area contributed by atoms with Crippen LogP contribution in [0, 0.1) is 0 Å². The smallest absolute Gasteiger partial charge is 0.229 e. The van der Waals surface area contributed by atoms with Gasteiger partial charge in [-0.1, -0.05) is 50.1 Å². The van der Waals surface area contributed by atoms with Crippen LogP contribution in [0.4, 0.5) is 0 Å². The molecular weight excluding hydrogens is 212 g/mol. The molecule has 0 fully saturated rings. The third-order valence-electron chi connectivity index (χ3n) is 2.54. The van der Waals surface area contributed by atoms with Crippen molar-refractivity contribution in [3.8, 4) is 0 Å². The first-order valence-electron chi connectivity index (χ1n) is 6.32. The van der Waals surface area contributed by atoms with Gasteiger partial charge in [0.15, 0.2) is 0 Å². The lowest BCUT2D eigenvalue weighted by atomic mass is 10.1. The molecule has 0 aromatic heterocycles. The predicted molar refractivity (Wildman–Crippen MR) is 70.8 cm³/mol. The highest BCUT2D eigenvalue weighted by molar-refractivity contribution is 6.26. The van der Waals surface area contributed by atoms with Crippen LogP contribution in [0.2, 0.25) is 6.04 Å². The fourth-order valence-electron chi connectivity index (χ4n) is 1.54. The summed E-state index contributed by atoms with van der Waals surface area (Å²) in [5.41, 5.74) is 1.44. The zero-order valence-corrected chi connectivity index (χ0v) is 11.2. The molecule has 0 N–H and O–H groups in total. The SMILES string of the molecule is CCCC[Si]OCCCCc1ccccc1. The summed E-state index contributed by atoms with van der Waals surface area (Å²) in [4.78, 5) is 0. The minimum atomic E-state index is 0.717. The molecule has 1 rings (SSSR count). The second-order valence-corrected chi connectivity index (χ2v) is 5.12. The van der Waals surface area contributed by atoms with Gasteiger partial charge in [0.05, 0.1) is 0 Å². The van der Waals surface area contributed by atoms with Gasteiger partial charge in [-0.25, -0.2) is 0 Å². The number of rotatable bonds is 9. The van der Waals surface area contributed by atoms with Crippen LogP contribution in [0.25, 0.3) is 0 Å². The monoisotopic (exact) mass is 234 g/mol. The Balaban J connectivity index is 1.89. The quantitative estimate of drug-likeness (QED) is 0.465. The first-order valence-corrected chi connectivity index (χ1v) is 7.43. The van der Waals surface area contributed by atoms with E-state index in [1.165, 1.54) is 43.7 Å². The van der Waals surface area contributed by atoms with Gasteiger partial charge in [0.1, 0.15) is 0 Å². The van der Waals surface area contributed by atoms with E-state index in [1.807, 2.05) is 0 Å². The Hall–Kier alpha value is -0.603. The number of aryl methyl sites for hydroxylation is 1. The molecule has 0 aliphatic heterocycles. The molecule has 0 spiro atoms. The Bertz CT molecular complexity index is 248. The van der Waals surface area contributed by atoms with Gasteiger partial charge in [0.25, 0.3) is 0 Å². The zero-order valence-electron chi connectivity index (χ0n) is 10.2. The molecule has 0 heterocycles. The van der Waals surface area contributed by atoms with Crippen molar-refractivity contribution in [1.82, 2.24) is 0 Å². The highest BCUT2D eigenvalue weighted by Gasteiger charge is 1.94. The van der Waals surface area contributed by atoms with Crippen molar-refractivity contribution >= 4 is 9.76 Å². The second kappa shape index (κ2) is 9.61. The van der Waals surface area contributed by atoms with Crippen molar-refractivity contribution in [2.75, 3.05) is 6.61 Å². The van der Waals surface area contributed by atoms with Gasteiger partial charge in [-0.2, -0.15) is 0 Å². The fraction of sp³-hybridized carbons (Fsp3) is 0.571. The summed E-state index contributed by atoms with van der Waals surface area (Å²) in [6.45, 7) is 3.17. The molecule has 0 unspecified atom stereocenters. The highest BCUT2D eigenvalue weighted by atomic mass is 28.2. The molecule has 1 aromatic rings. The molecule has 88 valence electrons. The van der Waals surface area contributed by atoms with E-state index < -0.39 is 0 Å². The third kappa shape index (κ3) is 6.80. The molecule has 0 amide bonds. The van der Waals surface area contributed by atoms with Gasteiger partial charge in [0, 0.05) is 6.61 Å². The first-order chi connectivity index (χ1) is 7.93. The van der Waals surface area contributed by atoms with Gasteiger partial charge in [-0.3, -0.25) is 0 Å². The summed E-state index contributed by atoms with van der Waals surface area (Å²) in [5, 5.41) is 0. The van der Waals surface area contributed by atoms with E-state index in [0.717, 1.165) is 6.61 Å². The standard InChI is InChI=1S/C14H22OSi/c1-2-3-13-16-15-12-8-7-11-14-9-5-4-6-10-14/h4-6,9-10H,2-3,7-8,11-13H2,1H3. The summed E-state index contributed by atoms with van der Waals surface area (Å²) in [5.74, 6) is 0. The molecule has 1 nitrogen and oxygen atoms in total. The summed E-state index contributed by atoms with van der Waals surface area (Å²) < 4.78 is 5.60. The summed E-state index contributed by atoms with van der Waals surface area (Å²) in [6.07, 6.45) is 6.20. The first kappa shape index (κ1) is 13.5. The van der Waals surface area contributed by atoms with E-state index in [2.05, 4.69) is 37.3 Å². The second-order valence-electron chi connectivity index (χ2n) is 4.04. The van der Waals surface area contributed by atoms with Crippen molar-refractivity contribution in [3.05, 3.63) is 35.9 Å². The van der Waals surface area contributed by atoms with Crippen LogP contribution in [0.15, 0.2) is 30.3 Å². The minimum Gasteiger partial charge on any atom is -0.417 e. The Morgan fingerprint density at radius 1 is 1.06 bits per heavy atom. The van der Waals surface area contributed by atoms with Crippen molar-refractivity contribution in [2.45, 2.75) is 45.1 Å². The molecule has 16 heavy (non-hydrogen) atoms. The highest BCUT2D eigenvalue weighted by Crippen LogP contribution is 2.04. The van der Waals surface area contributed by atoms with Gasteiger partial charge >= 0.3 is 0 Å². The maximum atomic E-state index is 5.60. The topological polar surface area (TPSA) is 9.23 Å². The van der Waals surface area contributed by atoms with Crippen molar-refractivity contribution in [1.29, 1.82) is 0 Å². The number of hydrogen-bond donors (Lipinski definition) is 0. The Labute approximate surface area is 102 Å². The molecule has 2 heteroatoms. The van der Waals surface area contributed by atoms with Crippen molar-refractivity contribution < 1.29 is 4.43 Å². The van der Waals surface area contributed by atoms with E-state index in [4.69, 9.17) is 4.43 Å². The third-order valence-corrected chi connectivity index (χ3v) is 3.51. The summed E-state index contributed by atoms with van der Waals surface area (Å²) in [7, 11) is 0.717. The Morgan fingerprint density at radius 2 is 1.88 bits per heavy atom. The number of unbranched alkanes of at least 4 members (excludes halogenated alkanes) is 2. The lowest BCUT2D eigenvalue weighted by molar-refractivity contribution is 0.322. The average Bonchev–Trinajstić information content (AvgIpc) is 2.34. The van der Waals surface area contributed by atoms with Crippen LogP contribution in [0.1, 0.15) is 38.2 Å². The molecule has 0 saturated heterocycles. The van der Waals surface area contributed by atoms with Gasteiger partial charge in [-0.15, -0.1) is 0 Å². The lowest BCUT2D eigenvalue weighted by Gasteiger charge is -2.03. The predicted octanol–water partition coefficient (Wildman–Crippen LogP) is 3.86. The maximum Gasteiger partial charge on any atom is 0.229 e. The van der Waals surface area contributed by atoms with Crippen LogP contribution in [0.5, 0.6) is 0 Å². The van der Waals surface area contributed by atoms with E-state index in [-0.39, 0.29) is 0 Å². The van der Waals surface area contributed by atoms with Gasteiger partial charge < -0.3 is 4.43 Å². The van der Waals surface area contributed by atoms with Crippen molar-refractivity contribution in [3.63, 3.8) is 0 Å². The summed E-state index contributed by atoms with van der Waals surface area (Å²) >= 11 is 0. The van der Waals surface area contributed by atoms with Crippen molar-refractivity contribution in [2.24, 2.45) is 0 Å². The number of hydrogen-bond acceptors (Lipinski definition) is 1. The van der Waals surface area contributed by atoms with E-state index in [9.17, 15) is 0 Å². The molecule has 0 bridgehead atoms. The van der Waals surface area contributed by atoms with Gasteiger partial charge in [0.2, 0.25) is 9.76 Å². The maximum absolute atomic E-state index is 5.60. The fourth-order valence-corrected chi connectivity index (χ4v) is 2.47. The van der Waals surface area contributed by atoms with Crippen LogP contribution >= 0.6 is 0 Å². The lowest BCUT2D eigenvalue weighted by Crippen LogP contribution is -2.00. The normalized spacial score (nSPS) is 10.6. The summed E-state index contributed by atoms with van der Waals surface area (Å²) in [6, 6.07) is 11.9. The van der Waals surface area contributed by atoms with Crippen LogP contribution in [-0.4, -0.2) is 16.4 Å². The molecule has 0 atom stereocenters. The van der Waals surface area contributed by atoms with E-state index in [1.54, 1.807) is 0 Å². The van der Waals surface area contributed by atoms with Gasteiger partial charge in [-0.05, 0) is 30.9 Å². The molecule has 0 aliphatic rings. The van der Waals surface area contributed by atoms with Crippen LogP contribution in [-0.2, 0) is 10.8 Å². The molecular formula is C14H22OSi. The zero-order chi connectivity index (χ0) is 11.5. The molecule has 1 aromatic carbocycles. The Kier molecular flexibility index (Phi) is 8.09. The van der Waals surface area contributed by atoms with Crippen LogP contribution < -0.4 is 0 Å². The molecule has 2 radical (unpaired) electrons. The molecule has 0 aliphatic carbocycles. The van der Waals surface area contributed by atoms with E-state index >= 15 is 0 Å². The van der Waals surface area contributed by atoms with E-state index in [0.29, 0.717) is 9.76 Å². The Morgan fingerprint density at radius 3 is 2.62 bits per heavy atom. The average molecular weight is 234 g/mol. The largest absolute Gasteiger partial charge is 0.417 e. The minimum absolute atomic E-state index is 0.717. The van der Waals surface area contributed by atoms with Crippen LogP contribution in [0.3, 0.4) is 0 Å². The number of benzene rings is 1. The molecule has 0 saturated carbocycles.